The number of aryl methyl sites for hydroxylation is 1. The van der Waals surface area contributed by atoms with Crippen LogP contribution in [0.5, 0.6) is 0 Å². The molecule has 0 unspecified atom stereocenters. The van der Waals surface area contributed by atoms with Crippen LogP contribution >= 0.6 is 0 Å². The number of likely N-dealkylation sites (tertiary alicyclic amines) is 2. The molecule has 10 atom stereocenters. The van der Waals surface area contributed by atoms with Crippen molar-refractivity contribution >= 4 is 24.0 Å². The zero-order valence-corrected chi connectivity index (χ0v) is 40.3. The van der Waals surface area contributed by atoms with Gasteiger partial charge in [0.1, 0.15) is 23.7 Å². The number of nitrogens with one attached hydrogen (secondary N) is 4. The van der Waals surface area contributed by atoms with Gasteiger partial charge in [0, 0.05) is 35.6 Å². The summed E-state index contributed by atoms with van der Waals surface area (Å²) in [5.74, 6) is 1.01. The van der Waals surface area contributed by atoms with Crippen molar-refractivity contribution in [2.24, 2.45) is 11.8 Å². The van der Waals surface area contributed by atoms with Crippen molar-refractivity contribution < 1.29 is 38.1 Å². The standard InChI is InChI=1S/C51H68N8O8/c1-27-20-36(16-17-39(27)41-26-53-47(55-41)43-19-11-29(3)59(43)49(61)45(57-51(63)65-9)38-23-32(6)67-33(7)24-38)34-12-14-35(15-13-34)40-25-52-46(54-40)42-18-10-28(2)58(42)48(60)44(56-50(62)64-8)37-21-30(4)66-31(5)22-37/h12-17,20,25-26,28-33,37-38,42-45H,10-11,18-19,21-24H2,1-9H3,(H,52,54)(H,53,55)(H,56,62)(H,57,63)/t28-,29-,30+,31+,32+,33+,42-,43-,44-,45-/m0/s1. The van der Waals surface area contributed by atoms with Gasteiger partial charge >= 0.3 is 12.2 Å². The minimum Gasteiger partial charge on any atom is -0.453 e. The highest BCUT2D eigenvalue weighted by Crippen LogP contribution is 2.41. The Labute approximate surface area is 393 Å². The van der Waals surface area contributed by atoms with Crippen molar-refractivity contribution in [1.29, 1.82) is 0 Å². The van der Waals surface area contributed by atoms with Crippen LogP contribution < -0.4 is 10.6 Å². The summed E-state index contributed by atoms with van der Waals surface area (Å²) >= 11 is 0. The van der Waals surface area contributed by atoms with Gasteiger partial charge in [-0.05, 0) is 128 Å². The van der Waals surface area contributed by atoms with Crippen LogP contribution in [0.15, 0.2) is 54.9 Å². The average Bonchev–Trinajstić information content (AvgIpc) is 4.13. The topological polar surface area (TPSA) is 193 Å². The smallest absolute Gasteiger partial charge is 0.407 e. The number of carbonyl (C=O) groups is 4. The molecule has 0 aliphatic carbocycles. The van der Waals surface area contributed by atoms with E-state index < -0.39 is 24.3 Å². The first kappa shape index (κ1) is 47.7. The summed E-state index contributed by atoms with van der Waals surface area (Å²) in [4.78, 5) is 74.7. The Kier molecular flexibility index (Phi) is 14.4. The third-order valence-electron chi connectivity index (χ3n) is 14.5. The van der Waals surface area contributed by atoms with Gasteiger partial charge in [0.15, 0.2) is 0 Å². The minimum atomic E-state index is -0.739. The molecule has 4 amide bonds. The zero-order chi connectivity index (χ0) is 47.7. The molecule has 4 fully saturated rings. The molecule has 4 aromatic rings. The van der Waals surface area contributed by atoms with E-state index in [-0.39, 0.29) is 72.2 Å². The van der Waals surface area contributed by atoms with Crippen LogP contribution in [0.2, 0.25) is 0 Å². The van der Waals surface area contributed by atoms with Crippen LogP contribution in [-0.4, -0.2) is 117 Å². The number of methoxy groups -OCH3 is 2. The molecule has 4 saturated heterocycles. The van der Waals surface area contributed by atoms with Crippen LogP contribution in [0.4, 0.5) is 9.59 Å². The third-order valence-corrected chi connectivity index (χ3v) is 14.5. The van der Waals surface area contributed by atoms with Gasteiger partial charge in [-0.15, -0.1) is 0 Å². The molecule has 0 bridgehead atoms. The minimum absolute atomic E-state index is 0.0252. The van der Waals surface area contributed by atoms with Gasteiger partial charge in [-0.2, -0.15) is 0 Å². The number of aromatic nitrogens is 4. The summed E-state index contributed by atoms with van der Waals surface area (Å²) < 4.78 is 21.9. The molecule has 2 aromatic heterocycles. The van der Waals surface area contributed by atoms with E-state index in [0.29, 0.717) is 25.7 Å². The Morgan fingerprint density at radius 1 is 0.612 bits per heavy atom. The first-order valence-electron chi connectivity index (χ1n) is 24.1. The predicted molar refractivity (Wildman–Crippen MR) is 252 cm³/mol. The summed E-state index contributed by atoms with van der Waals surface area (Å²) in [7, 11) is 2.63. The van der Waals surface area contributed by atoms with Gasteiger partial charge in [-0.3, -0.25) is 9.59 Å². The second-order valence-corrected chi connectivity index (χ2v) is 19.5. The van der Waals surface area contributed by atoms with E-state index in [9.17, 15) is 19.2 Å². The van der Waals surface area contributed by atoms with Crippen molar-refractivity contribution in [2.45, 2.75) is 160 Å². The van der Waals surface area contributed by atoms with Gasteiger partial charge in [-0.1, -0.05) is 42.5 Å². The number of imidazole rings is 2. The maximum absolute atomic E-state index is 14.5. The van der Waals surface area contributed by atoms with E-state index >= 15 is 0 Å². The lowest BCUT2D eigenvalue weighted by Gasteiger charge is -2.39. The number of aromatic amines is 2. The number of H-pyrrole nitrogens is 2. The fourth-order valence-corrected chi connectivity index (χ4v) is 11.4. The van der Waals surface area contributed by atoms with Crippen molar-refractivity contribution in [2.75, 3.05) is 14.2 Å². The molecular weight excluding hydrogens is 853 g/mol. The van der Waals surface area contributed by atoms with Gasteiger partial charge < -0.3 is 49.3 Å². The quantitative estimate of drug-likeness (QED) is 0.114. The molecule has 0 saturated carbocycles. The first-order chi connectivity index (χ1) is 32.1. The van der Waals surface area contributed by atoms with Crippen molar-refractivity contribution in [3.8, 4) is 33.6 Å². The van der Waals surface area contributed by atoms with E-state index in [1.807, 2.05) is 49.9 Å². The second kappa shape index (κ2) is 20.2. The van der Waals surface area contributed by atoms with Crippen molar-refractivity contribution in [3.05, 3.63) is 72.1 Å². The van der Waals surface area contributed by atoms with Crippen molar-refractivity contribution in [3.63, 3.8) is 0 Å². The average molecular weight is 921 g/mol. The largest absolute Gasteiger partial charge is 0.453 e. The summed E-state index contributed by atoms with van der Waals surface area (Å²) in [6.45, 7) is 14.2. The van der Waals surface area contributed by atoms with Crippen LogP contribution in [0, 0.1) is 18.8 Å². The van der Waals surface area contributed by atoms with Gasteiger partial charge in [0.25, 0.3) is 0 Å². The lowest BCUT2D eigenvalue weighted by molar-refractivity contribution is -0.141. The molecule has 4 aliphatic heterocycles. The molecule has 6 heterocycles. The van der Waals surface area contributed by atoms with Crippen LogP contribution in [-0.2, 0) is 28.5 Å². The lowest BCUT2D eigenvalue weighted by atomic mass is 9.85. The number of carbonyl (C=O) groups excluding carboxylic acids is 4. The molecule has 67 heavy (non-hydrogen) atoms. The first-order valence-corrected chi connectivity index (χ1v) is 24.1. The summed E-state index contributed by atoms with van der Waals surface area (Å²) in [6, 6.07) is 12.6. The molecule has 0 spiro atoms. The Morgan fingerprint density at radius 2 is 1.03 bits per heavy atom. The molecular formula is C51H68N8O8. The van der Waals surface area contributed by atoms with Gasteiger partial charge in [0.05, 0.1) is 62.1 Å². The summed E-state index contributed by atoms with van der Waals surface area (Å²) in [6.07, 6.45) is 8.25. The highest BCUT2D eigenvalue weighted by atomic mass is 16.5. The number of nitrogens with zero attached hydrogens (tertiary/aromatic N) is 4. The van der Waals surface area contributed by atoms with E-state index in [1.54, 1.807) is 0 Å². The SMILES string of the molecule is COC(=O)N[C@H](C(=O)N1[C@@H](C)CC[C@H]1c1nc(-c2ccc(-c3ccc(-c4c[nH]c([C@@H]5CC[C@H](C)N5C(=O)[C@@H](NC(=O)OC)C5C[C@@H](C)O[C@H](C)C5)n4)c(C)c3)cc2)c[nH]1)C1C[C@@H](C)O[C@H](C)C1. The highest BCUT2D eigenvalue weighted by Gasteiger charge is 2.46. The Hall–Kier alpha value is -5.74. The molecule has 8 rings (SSSR count). The number of rotatable bonds is 11. The number of benzene rings is 2. The van der Waals surface area contributed by atoms with E-state index in [4.69, 9.17) is 28.9 Å². The van der Waals surface area contributed by atoms with Crippen LogP contribution in [0.3, 0.4) is 0 Å². The Bertz CT molecular complexity index is 2380. The fourth-order valence-electron chi connectivity index (χ4n) is 11.4. The zero-order valence-electron chi connectivity index (χ0n) is 40.3. The molecule has 16 heteroatoms. The van der Waals surface area contributed by atoms with Gasteiger partial charge in [0.2, 0.25) is 11.8 Å². The number of ether oxygens (including phenoxy) is 4. The predicted octanol–water partition coefficient (Wildman–Crippen LogP) is 8.40. The van der Waals surface area contributed by atoms with E-state index in [1.165, 1.54) is 14.2 Å². The van der Waals surface area contributed by atoms with Gasteiger partial charge in [-0.25, -0.2) is 19.6 Å². The number of alkyl carbamates (subject to hydrolysis) is 2. The molecule has 4 N–H and O–H groups in total. The Morgan fingerprint density at radius 3 is 1.48 bits per heavy atom. The summed E-state index contributed by atoms with van der Waals surface area (Å²) in [5, 5.41) is 5.76. The number of hydrogen-bond donors (Lipinski definition) is 4. The molecule has 2 aromatic carbocycles. The molecule has 16 nitrogen and oxygen atoms in total. The maximum atomic E-state index is 14.5. The normalized spacial score (nSPS) is 28.4. The third kappa shape index (κ3) is 10.3. The fraction of sp³-hybridized carbons (Fsp3) is 0.569. The maximum Gasteiger partial charge on any atom is 0.407 e. The number of hydrogen-bond acceptors (Lipinski definition) is 10. The second-order valence-electron chi connectivity index (χ2n) is 19.5. The molecule has 0 radical (unpaired) electrons. The number of amides is 4. The van der Waals surface area contributed by atoms with Crippen molar-refractivity contribution in [1.82, 2.24) is 40.4 Å². The van der Waals surface area contributed by atoms with Crippen LogP contribution in [0.1, 0.15) is 122 Å². The van der Waals surface area contributed by atoms with Crippen LogP contribution in [0.25, 0.3) is 33.6 Å². The van der Waals surface area contributed by atoms with E-state index in [2.05, 4.69) is 83.8 Å². The van der Waals surface area contributed by atoms with E-state index in [0.717, 1.165) is 76.5 Å². The Balaban J connectivity index is 0.953. The molecule has 4 aliphatic rings. The lowest BCUT2D eigenvalue weighted by Crippen LogP contribution is -2.55. The highest BCUT2D eigenvalue weighted by molar-refractivity contribution is 5.88. The monoisotopic (exact) mass is 921 g/mol. The summed E-state index contributed by atoms with van der Waals surface area (Å²) in [5.41, 5.74) is 6.69. The molecule has 360 valence electrons.